The van der Waals surface area contributed by atoms with Crippen LogP contribution in [0.15, 0.2) is 24.4 Å². The summed E-state index contributed by atoms with van der Waals surface area (Å²) in [4.78, 5) is 8.05. The molecule has 2 aromatic rings. The molecule has 1 heterocycles. The molecule has 0 amide bonds. The van der Waals surface area contributed by atoms with Gasteiger partial charge in [0.05, 0.1) is 0 Å². The summed E-state index contributed by atoms with van der Waals surface area (Å²) in [5, 5.41) is 1.29. The Labute approximate surface area is 159 Å². The van der Waals surface area contributed by atoms with Crippen molar-refractivity contribution >= 4 is 23.2 Å². The lowest BCUT2D eigenvalue weighted by Gasteiger charge is -2.57. The third-order valence-electron chi connectivity index (χ3n) is 6.85. The summed E-state index contributed by atoms with van der Waals surface area (Å²) in [6.07, 6.45) is 13.4. The van der Waals surface area contributed by atoms with Crippen LogP contribution in [0.3, 0.4) is 0 Å². The molecule has 2 nitrogen and oxygen atoms in total. The molecule has 0 unspecified atom stereocenters. The number of aromatic amines is 1. The lowest BCUT2D eigenvalue weighted by molar-refractivity contribution is -0.0570. The molecule has 4 heteroatoms. The highest BCUT2D eigenvalue weighted by Gasteiger charge is 2.50. The molecule has 4 aliphatic carbocycles. The highest BCUT2D eigenvalue weighted by molar-refractivity contribution is 6.35. The van der Waals surface area contributed by atoms with Gasteiger partial charge < -0.3 is 4.98 Å². The highest BCUT2D eigenvalue weighted by Crippen LogP contribution is 2.61. The molecule has 25 heavy (non-hydrogen) atoms. The first-order chi connectivity index (χ1) is 12.1. The van der Waals surface area contributed by atoms with Crippen LogP contribution in [0, 0.1) is 23.2 Å². The minimum absolute atomic E-state index is 0.624. The van der Waals surface area contributed by atoms with Crippen LogP contribution in [-0.4, -0.2) is 9.97 Å². The van der Waals surface area contributed by atoms with Crippen molar-refractivity contribution < 1.29 is 0 Å². The first-order valence-electron chi connectivity index (χ1n) is 9.57. The van der Waals surface area contributed by atoms with Gasteiger partial charge in [-0.2, -0.15) is 0 Å². The van der Waals surface area contributed by atoms with Crippen LogP contribution in [0.5, 0.6) is 0 Å². The maximum atomic E-state index is 6.12. The minimum Gasteiger partial charge on any atom is -0.342 e. The van der Waals surface area contributed by atoms with Crippen molar-refractivity contribution in [1.29, 1.82) is 0 Å². The monoisotopic (exact) mass is 374 g/mol. The van der Waals surface area contributed by atoms with Crippen molar-refractivity contribution in [3.05, 3.63) is 40.1 Å². The van der Waals surface area contributed by atoms with E-state index in [0.717, 1.165) is 35.6 Å². The van der Waals surface area contributed by atoms with Gasteiger partial charge in [-0.1, -0.05) is 23.2 Å². The second kappa shape index (κ2) is 6.03. The van der Waals surface area contributed by atoms with Crippen LogP contribution in [-0.2, 0) is 6.42 Å². The molecule has 6 rings (SSSR count). The van der Waals surface area contributed by atoms with Crippen molar-refractivity contribution in [2.45, 2.75) is 51.4 Å². The third-order valence-corrected chi connectivity index (χ3v) is 7.29. The summed E-state index contributed by atoms with van der Waals surface area (Å²) >= 11 is 12.2. The van der Waals surface area contributed by atoms with E-state index in [0.29, 0.717) is 15.5 Å². The van der Waals surface area contributed by atoms with Gasteiger partial charge in [-0.15, -0.1) is 0 Å². The van der Waals surface area contributed by atoms with Crippen molar-refractivity contribution in [2.75, 3.05) is 0 Å². The molecular weight excluding hydrogens is 351 g/mol. The van der Waals surface area contributed by atoms with Crippen LogP contribution < -0.4 is 0 Å². The van der Waals surface area contributed by atoms with E-state index in [1.165, 1.54) is 50.6 Å². The second-order valence-corrected chi connectivity index (χ2v) is 9.71. The van der Waals surface area contributed by atoms with Gasteiger partial charge in [-0.05, 0) is 92.7 Å². The lowest BCUT2D eigenvalue weighted by Crippen LogP contribution is -2.46. The van der Waals surface area contributed by atoms with Gasteiger partial charge in [0.2, 0.25) is 0 Å². The molecule has 1 N–H and O–H groups in total. The Hall–Kier alpha value is -0.990. The van der Waals surface area contributed by atoms with Crippen molar-refractivity contribution in [2.24, 2.45) is 23.2 Å². The molecule has 0 spiro atoms. The number of imidazole rings is 1. The Morgan fingerprint density at radius 1 is 0.960 bits per heavy atom. The van der Waals surface area contributed by atoms with Gasteiger partial charge in [-0.3, -0.25) is 0 Å². The summed E-state index contributed by atoms with van der Waals surface area (Å²) in [5.41, 5.74) is 2.82. The topological polar surface area (TPSA) is 28.7 Å². The molecule has 4 bridgehead atoms. The Balaban J connectivity index is 1.30. The number of nitrogens with one attached hydrogen (secondary N) is 1. The van der Waals surface area contributed by atoms with Crippen molar-refractivity contribution in [3.8, 4) is 11.4 Å². The van der Waals surface area contributed by atoms with E-state index < -0.39 is 0 Å². The summed E-state index contributed by atoms with van der Waals surface area (Å²) in [7, 11) is 0. The van der Waals surface area contributed by atoms with Crippen LogP contribution in [0.1, 0.15) is 50.6 Å². The second-order valence-electron chi connectivity index (χ2n) is 8.83. The molecule has 132 valence electrons. The predicted molar refractivity (Wildman–Crippen MR) is 103 cm³/mol. The number of hydrogen-bond acceptors (Lipinski definition) is 1. The minimum atomic E-state index is 0.624. The molecule has 4 fully saturated rings. The van der Waals surface area contributed by atoms with Crippen molar-refractivity contribution in [1.82, 2.24) is 9.97 Å². The Bertz CT molecular complexity index is 739. The fourth-order valence-corrected chi connectivity index (χ4v) is 6.85. The zero-order valence-corrected chi connectivity index (χ0v) is 15.9. The standard InChI is InChI=1S/C21H24Cl2N2/c22-17-6-16(7-18(23)8-17)20-24-12-19(25-20)1-2-21-9-13-3-14(10-21)5-15(4-13)11-21/h6-8,12-15H,1-5,9-11H2,(H,24,25). The van der Waals surface area contributed by atoms with Crippen LogP contribution in [0.2, 0.25) is 10.0 Å². The SMILES string of the molecule is Clc1cc(Cl)cc(-c2ncc(CCC34CC5CC(CC(C5)C3)C4)[nH]2)c1. The van der Waals surface area contributed by atoms with Gasteiger partial charge in [0, 0.05) is 27.5 Å². The summed E-state index contributed by atoms with van der Waals surface area (Å²) in [5.74, 6) is 3.94. The van der Waals surface area contributed by atoms with Crippen LogP contribution >= 0.6 is 23.2 Å². The average Bonchev–Trinajstić information content (AvgIpc) is 3.00. The van der Waals surface area contributed by atoms with Crippen LogP contribution in [0.25, 0.3) is 11.4 Å². The smallest absolute Gasteiger partial charge is 0.137 e. The fraction of sp³-hybridized carbons (Fsp3) is 0.571. The Kier molecular flexibility index (Phi) is 3.91. The normalized spacial score (nSPS) is 33.1. The van der Waals surface area contributed by atoms with E-state index in [4.69, 9.17) is 23.2 Å². The number of H-pyrrole nitrogens is 1. The maximum absolute atomic E-state index is 6.12. The number of aryl methyl sites for hydroxylation is 1. The molecule has 0 aliphatic heterocycles. The molecule has 0 radical (unpaired) electrons. The van der Waals surface area contributed by atoms with Gasteiger partial charge >= 0.3 is 0 Å². The summed E-state index contributed by atoms with van der Waals surface area (Å²) in [6.45, 7) is 0. The van der Waals surface area contributed by atoms with E-state index in [9.17, 15) is 0 Å². The Morgan fingerprint density at radius 2 is 1.56 bits per heavy atom. The van der Waals surface area contributed by atoms with Crippen LogP contribution in [0.4, 0.5) is 0 Å². The number of hydrogen-bond donors (Lipinski definition) is 1. The number of nitrogens with zero attached hydrogens (tertiary/aromatic N) is 1. The van der Waals surface area contributed by atoms with E-state index in [2.05, 4.69) is 9.97 Å². The molecule has 4 saturated carbocycles. The molecule has 1 aromatic carbocycles. The number of benzene rings is 1. The lowest BCUT2D eigenvalue weighted by atomic mass is 9.48. The fourth-order valence-electron chi connectivity index (χ4n) is 6.32. The summed E-state index contributed by atoms with van der Waals surface area (Å²) in [6, 6.07) is 5.58. The zero-order chi connectivity index (χ0) is 17.0. The zero-order valence-electron chi connectivity index (χ0n) is 14.4. The van der Waals surface area contributed by atoms with E-state index in [-0.39, 0.29) is 0 Å². The molecule has 4 aliphatic rings. The summed E-state index contributed by atoms with van der Waals surface area (Å²) < 4.78 is 0. The number of rotatable bonds is 4. The first kappa shape index (κ1) is 16.2. The van der Waals surface area contributed by atoms with E-state index >= 15 is 0 Å². The van der Waals surface area contributed by atoms with E-state index in [1.54, 1.807) is 6.07 Å². The molecule has 0 atom stereocenters. The van der Waals surface area contributed by atoms with Gasteiger partial charge in [0.1, 0.15) is 5.82 Å². The number of halogens is 2. The Morgan fingerprint density at radius 3 is 2.16 bits per heavy atom. The van der Waals surface area contributed by atoms with Gasteiger partial charge in [-0.25, -0.2) is 4.98 Å². The first-order valence-corrected chi connectivity index (χ1v) is 10.3. The number of aromatic nitrogens is 2. The van der Waals surface area contributed by atoms with E-state index in [1.807, 2.05) is 18.3 Å². The largest absolute Gasteiger partial charge is 0.342 e. The third kappa shape index (κ3) is 3.13. The average molecular weight is 375 g/mol. The van der Waals surface area contributed by atoms with Gasteiger partial charge in [0.25, 0.3) is 0 Å². The molecule has 1 aromatic heterocycles. The quantitative estimate of drug-likeness (QED) is 0.646. The molecule has 0 saturated heterocycles. The van der Waals surface area contributed by atoms with Crippen molar-refractivity contribution in [3.63, 3.8) is 0 Å². The molecular formula is C21H24Cl2N2. The predicted octanol–water partition coefficient (Wildman–Crippen LogP) is 6.53. The maximum Gasteiger partial charge on any atom is 0.137 e. The van der Waals surface area contributed by atoms with Gasteiger partial charge in [0.15, 0.2) is 0 Å². The highest BCUT2D eigenvalue weighted by atomic mass is 35.5.